The van der Waals surface area contributed by atoms with Crippen molar-refractivity contribution in [1.82, 2.24) is 9.88 Å². The van der Waals surface area contributed by atoms with Gasteiger partial charge in [0, 0.05) is 13.0 Å². The molecule has 0 radical (unpaired) electrons. The lowest BCUT2D eigenvalue weighted by atomic mass is 10.1. The SMILES string of the molecule is Cc1ccc(S(=O)(=O)OCc2nc3c(o2)CN(C(=O)OC(C)(C)C)CC3)cc1. The minimum absolute atomic E-state index is 0.0746. The first-order chi connectivity index (χ1) is 13.0. The van der Waals surface area contributed by atoms with E-state index in [0.717, 1.165) is 5.56 Å². The molecule has 0 atom stereocenters. The number of nitrogens with zero attached hydrogens (tertiary/aromatic N) is 2. The largest absolute Gasteiger partial charge is 0.444 e. The molecule has 0 spiro atoms. The van der Waals surface area contributed by atoms with E-state index in [2.05, 4.69) is 4.98 Å². The number of aryl methyl sites for hydroxylation is 1. The van der Waals surface area contributed by atoms with Crippen LogP contribution in [0.25, 0.3) is 0 Å². The third kappa shape index (κ3) is 4.90. The number of ether oxygens (including phenoxy) is 1. The number of fused-ring (bicyclic) bond motifs is 1. The number of carbonyl (C=O) groups is 1. The number of aromatic nitrogens is 1. The molecule has 2 aromatic rings. The van der Waals surface area contributed by atoms with Gasteiger partial charge in [0.15, 0.2) is 0 Å². The second kappa shape index (κ2) is 7.56. The van der Waals surface area contributed by atoms with Crippen LogP contribution in [0.4, 0.5) is 4.79 Å². The molecule has 1 aliphatic heterocycles. The van der Waals surface area contributed by atoms with E-state index in [1.165, 1.54) is 17.0 Å². The van der Waals surface area contributed by atoms with Gasteiger partial charge in [-0.25, -0.2) is 9.78 Å². The first kappa shape index (κ1) is 20.3. The van der Waals surface area contributed by atoms with Crippen molar-refractivity contribution < 1.29 is 26.5 Å². The lowest BCUT2D eigenvalue weighted by Gasteiger charge is -2.28. The van der Waals surface area contributed by atoms with E-state index in [-0.39, 0.29) is 23.9 Å². The average molecular weight is 408 g/mol. The Hall–Kier alpha value is -2.39. The normalized spacial score (nSPS) is 14.6. The second-order valence-electron chi connectivity index (χ2n) is 7.66. The summed E-state index contributed by atoms with van der Waals surface area (Å²) in [5.41, 5.74) is 1.07. The van der Waals surface area contributed by atoms with Gasteiger partial charge < -0.3 is 14.1 Å². The van der Waals surface area contributed by atoms with Crippen LogP contribution in [0.5, 0.6) is 0 Å². The molecule has 0 saturated heterocycles. The van der Waals surface area contributed by atoms with Gasteiger partial charge in [-0.2, -0.15) is 8.42 Å². The Morgan fingerprint density at radius 1 is 1.25 bits per heavy atom. The fourth-order valence-electron chi connectivity index (χ4n) is 2.69. The third-order valence-corrected chi connectivity index (χ3v) is 5.35. The molecule has 0 N–H and O–H groups in total. The van der Waals surface area contributed by atoms with Crippen LogP contribution in [0.1, 0.15) is 43.7 Å². The summed E-state index contributed by atoms with van der Waals surface area (Å²) in [6.45, 7) is 7.65. The molecule has 152 valence electrons. The van der Waals surface area contributed by atoms with Gasteiger partial charge in [0.2, 0.25) is 5.89 Å². The molecule has 1 aromatic carbocycles. The molecule has 2 heterocycles. The standard InChI is InChI=1S/C19H24N2O6S/c1-13-5-7-14(8-6-13)28(23,24)25-12-17-20-15-9-10-21(11-16(15)26-17)18(22)27-19(2,3)4/h5-8H,9-12H2,1-4H3. The number of amides is 1. The molecule has 1 amide bonds. The van der Waals surface area contributed by atoms with E-state index in [1.54, 1.807) is 32.9 Å². The molecule has 0 aliphatic carbocycles. The summed E-state index contributed by atoms with van der Waals surface area (Å²) in [7, 11) is -3.91. The number of carbonyl (C=O) groups excluding carboxylic acids is 1. The van der Waals surface area contributed by atoms with E-state index >= 15 is 0 Å². The molecule has 28 heavy (non-hydrogen) atoms. The Morgan fingerprint density at radius 2 is 1.93 bits per heavy atom. The smallest absolute Gasteiger partial charge is 0.410 e. The van der Waals surface area contributed by atoms with Crippen LogP contribution in [-0.2, 0) is 38.6 Å². The maximum absolute atomic E-state index is 12.3. The quantitative estimate of drug-likeness (QED) is 0.717. The van der Waals surface area contributed by atoms with E-state index in [0.29, 0.717) is 24.4 Å². The van der Waals surface area contributed by atoms with Crippen molar-refractivity contribution in [3.63, 3.8) is 0 Å². The summed E-state index contributed by atoms with van der Waals surface area (Å²) in [6.07, 6.45) is 0.0808. The molecule has 3 rings (SSSR count). The predicted molar refractivity (Wildman–Crippen MR) is 100 cm³/mol. The minimum atomic E-state index is -3.91. The Bertz CT molecular complexity index is 957. The molecule has 0 unspecified atom stereocenters. The van der Waals surface area contributed by atoms with Gasteiger partial charge in [-0.05, 0) is 39.8 Å². The van der Waals surface area contributed by atoms with E-state index < -0.39 is 21.8 Å². The van der Waals surface area contributed by atoms with Crippen molar-refractivity contribution in [2.75, 3.05) is 6.54 Å². The van der Waals surface area contributed by atoms with Crippen molar-refractivity contribution in [2.24, 2.45) is 0 Å². The molecule has 1 aliphatic rings. The topological polar surface area (TPSA) is 98.9 Å². The molecule has 0 fully saturated rings. The Morgan fingerprint density at radius 3 is 2.57 bits per heavy atom. The molecule has 1 aromatic heterocycles. The summed E-state index contributed by atoms with van der Waals surface area (Å²) in [5.74, 6) is 0.676. The highest BCUT2D eigenvalue weighted by Gasteiger charge is 2.29. The van der Waals surface area contributed by atoms with E-state index in [4.69, 9.17) is 13.3 Å². The Balaban J connectivity index is 1.64. The molecule has 8 nitrogen and oxygen atoms in total. The monoisotopic (exact) mass is 408 g/mol. The van der Waals surface area contributed by atoms with Crippen molar-refractivity contribution in [3.05, 3.63) is 47.2 Å². The van der Waals surface area contributed by atoms with Gasteiger partial charge in [0.05, 0.1) is 17.1 Å². The summed E-state index contributed by atoms with van der Waals surface area (Å²) < 4.78 is 40.6. The Kier molecular flexibility index (Phi) is 5.49. The zero-order valence-electron chi connectivity index (χ0n) is 16.4. The molecular formula is C19H24N2O6S. The maximum atomic E-state index is 12.3. The van der Waals surface area contributed by atoms with E-state index in [1.807, 2.05) is 6.92 Å². The van der Waals surface area contributed by atoms with Crippen LogP contribution >= 0.6 is 0 Å². The molecular weight excluding hydrogens is 384 g/mol. The molecule has 0 bridgehead atoms. The second-order valence-corrected chi connectivity index (χ2v) is 9.27. The predicted octanol–water partition coefficient (Wildman–Crippen LogP) is 3.18. The number of hydrogen-bond acceptors (Lipinski definition) is 7. The zero-order chi connectivity index (χ0) is 20.5. The van der Waals surface area contributed by atoms with Gasteiger partial charge >= 0.3 is 6.09 Å². The number of hydrogen-bond donors (Lipinski definition) is 0. The first-order valence-corrected chi connectivity index (χ1v) is 10.4. The number of oxazole rings is 1. The molecule has 9 heteroatoms. The van der Waals surface area contributed by atoms with Gasteiger partial charge in [-0.15, -0.1) is 0 Å². The number of benzene rings is 1. The Labute approximate surface area is 164 Å². The van der Waals surface area contributed by atoms with Crippen LogP contribution in [0.3, 0.4) is 0 Å². The summed E-state index contributed by atoms with van der Waals surface area (Å²) >= 11 is 0. The maximum Gasteiger partial charge on any atom is 0.410 e. The van der Waals surface area contributed by atoms with Crippen molar-refractivity contribution in [1.29, 1.82) is 0 Å². The van der Waals surface area contributed by atoms with Gasteiger partial charge in [-0.3, -0.25) is 4.18 Å². The van der Waals surface area contributed by atoms with E-state index in [9.17, 15) is 13.2 Å². The summed E-state index contributed by atoms with van der Waals surface area (Å²) in [5, 5.41) is 0. The van der Waals surface area contributed by atoms with Crippen LogP contribution in [0.2, 0.25) is 0 Å². The van der Waals surface area contributed by atoms with Gasteiger partial charge in [-0.1, -0.05) is 17.7 Å². The zero-order valence-corrected chi connectivity index (χ0v) is 17.2. The fourth-order valence-corrected chi connectivity index (χ4v) is 3.56. The lowest BCUT2D eigenvalue weighted by molar-refractivity contribution is 0.0207. The summed E-state index contributed by atoms with van der Waals surface area (Å²) in [6, 6.07) is 6.38. The number of rotatable bonds is 4. The first-order valence-electron chi connectivity index (χ1n) is 8.95. The third-order valence-electron chi connectivity index (χ3n) is 4.07. The van der Waals surface area contributed by atoms with Gasteiger partial charge in [0.1, 0.15) is 18.0 Å². The highest BCUT2D eigenvalue weighted by Crippen LogP contribution is 2.23. The van der Waals surface area contributed by atoms with Crippen molar-refractivity contribution in [3.8, 4) is 0 Å². The van der Waals surface area contributed by atoms with Gasteiger partial charge in [0.25, 0.3) is 10.1 Å². The van der Waals surface area contributed by atoms with Crippen LogP contribution < -0.4 is 0 Å². The highest BCUT2D eigenvalue weighted by molar-refractivity contribution is 7.86. The van der Waals surface area contributed by atoms with Crippen LogP contribution in [-0.4, -0.2) is 36.5 Å². The lowest BCUT2D eigenvalue weighted by Crippen LogP contribution is -2.39. The fraction of sp³-hybridized carbons (Fsp3) is 0.474. The molecule has 0 saturated carbocycles. The van der Waals surface area contributed by atoms with Crippen LogP contribution in [0, 0.1) is 6.92 Å². The van der Waals surface area contributed by atoms with Crippen molar-refractivity contribution in [2.45, 2.75) is 57.8 Å². The van der Waals surface area contributed by atoms with Crippen LogP contribution in [0.15, 0.2) is 33.6 Å². The highest BCUT2D eigenvalue weighted by atomic mass is 32.2. The average Bonchev–Trinajstić information content (AvgIpc) is 3.01. The minimum Gasteiger partial charge on any atom is -0.444 e. The van der Waals surface area contributed by atoms with Crippen molar-refractivity contribution >= 4 is 16.2 Å². The summed E-state index contributed by atoms with van der Waals surface area (Å²) in [4.78, 5) is 18.1.